The molecule has 12 heteroatoms. The van der Waals surface area contributed by atoms with Crippen LogP contribution in [0.3, 0.4) is 0 Å². The Hall–Kier alpha value is -3.15. The number of guanidine groups is 1. The molecule has 1 aliphatic heterocycles. The first-order chi connectivity index (χ1) is 15.8. The zero-order chi connectivity index (χ0) is 24.4. The molecule has 0 aliphatic carbocycles. The number of ether oxygens (including phenoxy) is 3. The Kier molecular flexibility index (Phi) is 10.1. The summed E-state index contributed by atoms with van der Waals surface area (Å²) in [5.41, 5.74) is 24.5. The third-order valence-corrected chi connectivity index (χ3v) is 5.00. The van der Waals surface area contributed by atoms with Crippen LogP contribution < -0.4 is 33.0 Å². The third kappa shape index (κ3) is 7.17. The fourth-order valence-electron chi connectivity index (χ4n) is 3.06. The van der Waals surface area contributed by atoms with Crippen LogP contribution in [0.2, 0.25) is 0 Å². The molecule has 1 amide bonds. The van der Waals surface area contributed by atoms with Gasteiger partial charge in [0.05, 0.1) is 25.9 Å². The molecule has 182 valence electrons. The van der Waals surface area contributed by atoms with Crippen molar-refractivity contribution in [3.63, 3.8) is 0 Å². The van der Waals surface area contributed by atoms with Crippen molar-refractivity contribution in [3.05, 3.63) is 52.3 Å². The van der Waals surface area contributed by atoms with Crippen molar-refractivity contribution in [1.82, 2.24) is 10.2 Å². The predicted molar refractivity (Wildman–Crippen MR) is 126 cm³/mol. The van der Waals surface area contributed by atoms with E-state index in [1.807, 2.05) is 31.2 Å². The van der Waals surface area contributed by atoms with E-state index in [9.17, 15) is 4.79 Å². The van der Waals surface area contributed by atoms with Crippen LogP contribution in [-0.4, -0.2) is 50.3 Å². The maximum absolute atomic E-state index is 11.7. The average molecular weight is 482 g/mol. The first kappa shape index (κ1) is 26.1. The SMILES string of the molecule is CCCC(N=C(N)N1C(N)=C(Cl)NC(C(N)=O)=C1N)c1ccc(OCCOCCOC)cc1. The summed E-state index contributed by atoms with van der Waals surface area (Å²) in [4.78, 5) is 17.5. The van der Waals surface area contributed by atoms with Gasteiger partial charge in [-0.15, -0.1) is 0 Å². The van der Waals surface area contributed by atoms with Crippen LogP contribution in [0, 0.1) is 0 Å². The van der Waals surface area contributed by atoms with E-state index in [4.69, 9.17) is 48.7 Å². The molecule has 33 heavy (non-hydrogen) atoms. The molecule has 0 saturated heterocycles. The molecule has 1 aromatic rings. The second-order valence-electron chi connectivity index (χ2n) is 7.10. The molecule has 1 aromatic carbocycles. The number of halogens is 1. The van der Waals surface area contributed by atoms with Crippen molar-refractivity contribution >= 4 is 23.5 Å². The van der Waals surface area contributed by atoms with Crippen LogP contribution in [-0.2, 0) is 14.3 Å². The van der Waals surface area contributed by atoms with Crippen molar-refractivity contribution in [2.75, 3.05) is 33.5 Å². The molecule has 0 fully saturated rings. The van der Waals surface area contributed by atoms with E-state index in [-0.39, 0.29) is 34.5 Å². The summed E-state index contributed by atoms with van der Waals surface area (Å²) < 4.78 is 16.0. The number of benzene rings is 1. The van der Waals surface area contributed by atoms with Gasteiger partial charge < -0.3 is 42.5 Å². The third-order valence-electron chi connectivity index (χ3n) is 4.72. The first-order valence-electron chi connectivity index (χ1n) is 10.4. The highest BCUT2D eigenvalue weighted by Gasteiger charge is 2.29. The van der Waals surface area contributed by atoms with E-state index in [1.54, 1.807) is 7.11 Å². The number of nitrogens with zero attached hydrogens (tertiary/aromatic N) is 2. The highest BCUT2D eigenvalue weighted by atomic mass is 35.5. The molecule has 0 saturated carbocycles. The Balaban J connectivity index is 2.15. The monoisotopic (exact) mass is 481 g/mol. The van der Waals surface area contributed by atoms with Gasteiger partial charge in [-0.1, -0.05) is 37.1 Å². The van der Waals surface area contributed by atoms with Gasteiger partial charge in [-0.2, -0.15) is 0 Å². The molecule has 2 rings (SSSR count). The molecule has 0 spiro atoms. The van der Waals surface area contributed by atoms with Gasteiger partial charge in [0.2, 0.25) is 5.96 Å². The van der Waals surface area contributed by atoms with Crippen LogP contribution in [0.1, 0.15) is 31.4 Å². The Morgan fingerprint density at radius 3 is 2.39 bits per heavy atom. The smallest absolute Gasteiger partial charge is 0.268 e. The number of aliphatic imine (C=N–C) groups is 1. The number of methoxy groups -OCH3 is 1. The molecule has 0 radical (unpaired) electrons. The lowest BCUT2D eigenvalue weighted by Crippen LogP contribution is -2.49. The number of primary amides is 1. The second kappa shape index (κ2) is 12.8. The zero-order valence-corrected chi connectivity index (χ0v) is 19.6. The second-order valence-corrected chi connectivity index (χ2v) is 7.48. The van der Waals surface area contributed by atoms with Crippen molar-refractivity contribution in [2.45, 2.75) is 25.8 Å². The molecule has 1 aliphatic rings. The van der Waals surface area contributed by atoms with Crippen molar-refractivity contribution in [3.8, 4) is 5.75 Å². The average Bonchev–Trinajstić information content (AvgIpc) is 2.78. The molecule has 0 aromatic heterocycles. The van der Waals surface area contributed by atoms with E-state index < -0.39 is 5.91 Å². The molecule has 0 bridgehead atoms. The van der Waals surface area contributed by atoms with Crippen LogP contribution in [0.25, 0.3) is 0 Å². The summed E-state index contributed by atoms with van der Waals surface area (Å²) in [6.45, 7) is 4.00. The minimum Gasteiger partial charge on any atom is -0.491 e. The standard InChI is InChI=1S/C21H32ClN7O4/c1-3-4-15(13-5-7-14(8-6-13)33-12-11-32-10-9-31-2)27-21(26)29-18(23)16(20(25)30)28-17(22)19(29)24/h5-8,15,28H,3-4,9-12,23-24H2,1-2H3,(H2,25,30)(H2,26,27). The number of nitrogens with two attached hydrogens (primary N) is 4. The highest BCUT2D eigenvalue weighted by Crippen LogP contribution is 2.27. The number of rotatable bonds is 12. The lowest BCUT2D eigenvalue weighted by molar-refractivity contribution is -0.115. The van der Waals surface area contributed by atoms with Gasteiger partial charge in [0.1, 0.15) is 34.9 Å². The van der Waals surface area contributed by atoms with Gasteiger partial charge in [-0.25, -0.2) is 9.89 Å². The first-order valence-corrected chi connectivity index (χ1v) is 10.8. The number of hydrogen-bond acceptors (Lipinski definition) is 8. The van der Waals surface area contributed by atoms with E-state index in [2.05, 4.69) is 10.3 Å². The number of carbonyl (C=O) groups excluding carboxylic acids is 1. The Morgan fingerprint density at radius 2 is 1.79 bits per heavy atom. The molecular formula is C21H32ClN7O4. The Labute approximate surface area is 198 Å². The number of carbonyl (C=O) groups is 1. The van der Waals surface area contributed by atoms with Gasteiger partial charge in [0, 0.05) is 7.11 Å². The highest BCUT2D eigenvalue weighted by molar-refractivity contribution is 6.30. The lowest BCUT2D eigenvalue weighted by Gasteiger charge is -2.31. The van der Waals surface area contributed by atoms with Crippen molar-refractivity contribution < 1.29 is 19.0 Å². The number of nitrogens with one attached hydrogen (secondary N) is 1. The topological polar surface area (TPSA) is 176 Å². The minimum absolute atomic E-state index is 0.00660. The lowest BCUT2D eigenvalue weighted by atomic mass is 10.0. The van der Waals surface area contributed by atoms with Gasteiger partial charge in [0.15, 0.2) is 0 Å². The molecule has 1 unspecified atom stereocenters. The normalized spacial score (nSPS) is 15.5. The predicted octanol–water partition coefficient (Wildman–Crippen LogP) is 0.727. The summed E-state index contributed by atoms with van der Waals surface area (Å²) in [5, 5.41) is 2.53. The van der Waals surface area contributed by atoms with Crippen LogP contribution in [0.4, 0.5) is 0 Å². The largest absolute Gasteiger partial charge is 0.491 e. The van der Waals surface area contributed by atoms with E-state index in [0.717, 1.165) is 12.0 Å². The summed E-state index contributed by atoms with van der Waals surface area (Å²) in [7, 11) is 1.62. The molecule has 1 heterocycles. The summed E-state index contributed by atoms with van der Waals surface area (Å²) in [6, 6.07) is 7.25. The molecule has 11 nitrogen and oxygen atoms in total. The van der Waals surface area contributed by atoms with Gasteiger partial charge >= 0.3 is 0 Å². The number of hydrogen-bond donors (Lipinski definition) is 5. The van der Waals surface area contributed by atoms with Crippen LogP contribution in [0.5, 0.6) is 5.75 Å². The van der Waals surface area contributed by atoms with Gasteiger partial charge in [-0.05, 0) is 24.1 Å². The van der Waals surface area contributed by atoms with Crippen molar-refractivity contribution in [1.29, 1.82) is 0 Å². The van der Waals surface area contributed by atoms with Crippen molar-refractivity contribution in [2.24, 2.45) is 27.9 Å². The van der Waals surface area contributed by atoms with Gasteiger partial charge in [-0.3, -0.25) is 4.79 Å². The van der Waals surface area contributed by atoms with Gasteiger partial charge in [0.25, 0.3) is 5.91 Å². The number of amides is 1. The van der Waals surface area contributed by atoms with Crippen LogP contribution >= 0.6 is 11.6 Å². The van der Waals surface area contributed by atoms with E-state index >= 15 is 0 Å². The Bertz CT molecular complexity index is 902. The minimum atomic E-state index is -0.805. The van der Waals surface area contributed by atoms with E-state index in [1.165, 1.54) is 4.90 Å². The summed E-state index contributed by atoms with van der Waals surface area (Å²) in [5.74, 6) is -0.193. The maximum atomic E-state index is 11.7. The molecule has 1 atom stereocenters. The Morgan fingerprint density at radius 1 is 1.12 bits per heavy atom. The quantitative estimate of drug-likeness (QED) is 0.124. The molecular weight excluding hydrogens is 450 g/mol. The fraction of sp³-hybridized carbons (Fsp3) is 0.429. The molecule has 9 N–H and O–H groups in total. The van der Waals surface area contributed by atoms with E-state index in [0.29, 0.717) is 38.6 Å². The summed E-state index contributed by atoms with van der Waals surface area (Å²) in [6.07, 6.45) is 1.56. The van der Waals surface area contributed by atoms with Crippen LogP contribution in [0.15, 0.2) is 51.8 Å². The maximum Gasteiger partial charge on any atom is 0.268 e. The fourth-order valence-corrected chi connectivity index (χ4v) is 3.24. The summed E-state index contributed by atoms with van der Waals surface area (Å²) >= 11 is 6.08. The zero-order valence-electron chi connectivity index (χ0n) is 18.8.